The van der Waals surface area contributed by atoms with Gasteiger partial charge in [0.1, 0.15) is 34.6 Å². The number of fused-ring (bicyclic) bond motifs is 2. The Balaban J connectivity index is 0.00000529. The summed E-state index contributed by atoms with van der Waals surface area (Å²) in [7, 11) is -9.49. The summed E-state index contributed by atoms with van der Waals surface area (Å²) in [6, 6.07) is 14.4. The minimum atomic E-state index is -5.18. The normalized spacial score (nSPS) is 11.8. The summed E-state index contributed by atoms with van der Waals surface area (Å²) in [6.07, 6.45) is -0.472. The molecule has 230 valence electrons. The van der Waals surface area contributed by atoms with Gasteiger partial charge in [0.25, 0.3) is 0 Å². The van der Waals surface area contributed by atoms with Crippen LogP contribution < -0.4 is 49.1 Å². The second-order valence-electron chi connectivity index (χ2n) is 9.84. The molecule has 0 fully saturated rings. The maximum atomic E-state index is 12.9. The number of anilines is 1. The molecule has 11 nitrogen and oxygen atoms in total. The molecule has 14 heteroatoms. The fourth-order valence-electron chi connectivity index (χ4n) is 5.19. The van der Waals surface area contributed by atoms with Crippen LogP contribution in [0.4, 0.5) is 5.69 Å². The van der Waals surface area contributed by atoms with Crippen molar-refractivity contribution in [3.8, 4) is 22.5 Å². The molecule has 1 aliphatic heterocycles. The third-order valence-corrected chi connectivity index (χ3v) is 9.71. The molecule has 0 aromatic heterocycles. The summed E-state index contributed by atoms with van der Waals surface area (Å²) in [6.45, 7) is 10.7. The van der Waals surface area contributed by atoms with E-state index in [1.54, 1.807) is 12.1 Å². The Bertz CT molecular complexity index is 1930. The molecule has 2 aromatic rings. The van der Waals surface area contributed by atoms with E-state index in [-0.39, 0.29) is 35.1 Å². The van der Waals surface area contributed by atoms with Crippen LogP contribution in [0.15, 0.2) is 68.8 Å². The average molecular weight is 653 g/mol. The van der Waals surface area contributed by atoms with E-state index in [4.69, 9.17) is 9.52 Å². The molecule has 2 aromatic carbocycles. The number of carboxylic acid groups (broad SMARTS) is 1. The van der Waals surface area contributed by atoms with Crippen LogP contribution in [0.25, 0.3) is 33.4 Å². The number of hydrogen-bond acceptors (Lipinski definition) is 8. The van der Waals surface area contributed by atoms with Crippen molar-refractivity contribution in [1.29, 1.82) is 0 Å². The Morgan fingerprint density at radius 2 is 1.59 bits per heavy atom. The molecule has 2 N–H and O–H groups in total. The van der Waals surface area contributed by atoms with Crippen molar-refractivity contribution in [2.24, 2.45) is 0 Å². The monoisotopic (exact) mass is 652 g/mol. The minimum Gasteiger partial charge on any atom is -0.744 e. The van der Waals surface area contributed by atoms with Gasteiger partial charge in [0, 0.05) is 59.5 Å². The van der Waals surface area contributed by atoms with Gasteiger partial charge in [-0.3, -0.25) is 4.79 Å². The van der Waals surface area contributed by atoms with Gasteiger partial charge in [-0.25, -0.2) is 26.1 Å². The van der Waals surface area contributed by atoms with E-state index < -0.39 is 48.9 Å². The van der Waals surface area contributed by atoms with Gasteiger partial charge in [-0.1, -0.05) is 6.07 Å². The zero-order chi connectivity index (χ0) is 31.5. The van der Waals surface area contributed by atoms with E-state index in [9.17, 15) is 26.2 Å². The molecule has 0 radical (unpaired) electrons. The van der Waals surface area contributed by atoms with Crippen LogP contribution in [0.5, 0.6) is 0 Å². The van der Waals surface area contributed by atoms with E-state index in [1.807, 2.05) is 52.0 Å². The number of rotatable bonds is 12. The maximum Gasteiger partial charge on any atom is 1.00 e. The molecule has 1 heterocycles. The molecule has 0 atom stereocenters. The first-order valence-electron chi connectivity index (χ1n) is 14.0. The van der Waals surface area contributed by atoms with Gasteiger partial charge in [0.05, 0.1) is 22.3 Å². The Morgan fingerprint density at radius 1 is 0.932 bits per heavy atom. The molecule has 0 spiro atoms. The van der Waals surface area contributed by atoms with Gasteiger partial charge in [-0.2, -0.15) is 0 Å². The largest absolute Gasteiger partial charge is 1.00 e. The molecular formula is C30H35N3NaO8S2+. The first-order chi connectivity index (χ1) is 20.3. The van der Waals surface area contributed by atoms with E-state index in [0.717, 1.165) is 43.3 Å². The minimum absolute atomic E-state index is 0. The van der Waals surface area contributed by atoms with Crippen LogP contribution in [-0.4, -0.2) is 65.2 Å². The summed E-state index contributed by atoms with van der Waals surface area (Å²) in [5.41, 5.74) is 2.34. The zero-order valence-electron chi connectivity index (χ0n) is 25.5. The number of nitrogens with one attached hydrogen (secondary N) is 1. The summed E-state index contributed by atoms with van der Waals surface area (Å²) >= 11 is 0. The molecule has 0 bridgehead atoms. The number of aliphatic carboxylic acids is 1. The van der Waals surface area contributed by atoms with Crippen molar-refractivity contribution in [2.75, 3.05) is 37.6 Å². The van der Waals surface area contributed by atoms with Gasteiger partial charge in [-0.15, -0.1) is 0 Å². The Kier molecular flexibility index (Phi) is 11.8. The predicted octanol–water partition coefficient (Wildman–Crippen LogP) is 0.524. The average Bonchev–Trinajstić information content (AvgIpc) is 2.96. The van der Waals surface area contributed by atoms with Crippen LogP contribution in [0.1, 0.15) is 34.1 Å². The number of carboxylic acids is 1. The smallest absolute Gasteiger partial charge is 0.744 e. The molecule has 2 aliphatic rings. The first-order valence-corrected chi connectivity index (χ1v) is 16.9. The van der Waals surface area contributed by atoms with Crippen molar-refractivity contribution in [2.45, 2.75) is 43.9 Å². The topological polar surface area (TPSA) is 160 Å². The number of nitrogens with zero attached hydrogens (tertiary/aromatic N) is 2. The Morgan fingerprint density at radius 3 is 2.18 bits per heavy atom. The summed E-state index contributed by atoms with van der Waals surface area (Å²) < 4.78 is 74.3. The molecule has 1 aliphatic carbocycles. The quantitative estimate of drug-likeness (QED) is 0.0963. The first kappa shape index (κ1) is 35.7. The summed E-state index contributed by atoms with van der Waals surface area (Å²) in [4.78, 5) is 11.8. The van der Waals surface area contributed by atoms with Gasteiger partial charge in [0.2, 0.25) is 15.4 Å². The molecule has 0 amide bonds. The predicted molar refractivity (Wildman–Crippen MR) is 164 cm³/mol. The van der Waals surface area contributed by atoms with E-state index in [0.29, 0.717) is 27.9 Å². The number of sulfonamides is 1. The van der Waals surface area contributed by atoms with Crippen LogP contribution in [0, 0.1) is 0 Å². The number of hydrogen-bond donors (Lipinski definition) is 2. The van der Waals surface area contributed by atoms with Gasteiger partial charge < -0.3 is 19.0 Å². The summed E-state index contributed by atoms with van der Waals surface area (Å²) in [5.74, 6) is -0.743. The zero-order valence-corrected chi connectivity index (χ0v) is 29.1. The number of carbonyl (C=O) groups is 1. The van der Waals surface area contributed by atoms with Crippen LogP contribution >= 0.6 is 0 Å². The number of benzene rings is 3. The Labute approximate surface area is 279 Å². The van der Waals surface area contributed by atoms with Crippen molar-refractivity contribution in [3.63, 3.8) is 0 Å². The standard InChI is InChI=1S/C30H35N3O8S2.Na/c1-5-32(6-2)20-9-12-23-26(17-20)41-27-18-21(33(7-3)8-4)10-13-24(27)30(23)25-14-11-22(19-28(25)43(38,39)40)42(36,37)31-16-15-29(34)35;/h9-14,17-19,31H,5-8,15-16H2,1-4H3,(H-,34,35,38,39,40);/q;+1. The van der Waals surface area contributed by atoms with Crippen molar-refractivity contribution in [3.05, 3.63) is 60.0 Å². The van der Waals surface area contributed by atoms with E-state index >= 15 is 0 Å². The van der Waals surface area contributed by atoms with E-state index in [2.05, 4.69) is 14.2 Å². The summed E-state index contributed by atoms with van der Waals surface area (Å²) in [5, 5.41) is 10.3. The van der Waals surface area contributed by atoms with Crippen LogP contribution in [-0.2, 0) is 24.9 Å². The molecule has 0 saturated heterocycles. The maximum absolute atomic E-state index is 12.9. The van der Waals surface area contributed by atoms with E-state index in [1.165, 1.54) is 12.1 Å². The van der Waals surface area contributed by atoms with Gasteiger partial charge in [-0.05, 0) is 58.0 Å². The Hall–Kier alpha value is -2.78. The van der Waals surface area contributed by atoms with Crippen LogP contribution in [0.3, 0.4) is 0 Å². The van der Waals surface area contributed by atoms with Crippen molar-refractivity contribution in [1.82, 2.24) is 9.30 Å². The van der Waals surface area contributed by atoms with Gasteiger partial charge >= 0.3 is 35.5 Å². The van der Waals surface area contributed by atoms with Crippen molar-refractivity contribution < 1.29 is 65.3 Å². The fraction of sp³-hybridized carbons (Fsp3) is 0.333. The van der Waals surface area contributed by atoms with Gasteiger partial charge in [0.15, 0.2) is 0 Å². The molecule has 0 unspecified atom stereocenters. The molecular weight excluding hydrogens is 617 g/mol. The SMILES string of the molecule is CCN(CC)c1ccc2c(-c3ccc(S(=O)(=O)NCCC(=O)O)cc3S(=O)(=O)[O-])c3ccc(=[N+](CC)CC)cc-3oc2c1.[Na+]. The third-order valence-electron chi connectivity index (χ3n) is 7.38. The second-order valence-corrected chi connectivity index (χ2v) is 13.0. The molecule has 0 saturated carbocycles. The van der Waals surface area contributed by atoms with Crippen molar-refractivity contribution >= 4 is 42.8 Å². The fourth-order valence-corrected chi connectivity index (χ4v) is 7.03. The third kappa shape index (κ3) is 7.53. The second kappa shape index (κ2) is 14.5. The van der Waals surface area contributed by atoms with Crippen LogP contribution in [0.2, 0.25) is 0 Å². The molecule has 44 heavy (non-hydrogen) atoms. The molecule has 4 rings (SSSR count).